The fraction of sp³-hybridized carbons (Fsp3) is 1.00. The van der Waals surface area contributed by atoms with E-state index in [-0.39, 0.29) is 103 Å². The van der Waals surface area contributed by atoms with Gasteiger partial charge in [0.25, 0.3) is 0 Å². The molecular weight excluding hydrogens is 560 g/mol. The predicted octanol–water partition coefficient (Wildman–Crippen LogP) is -4.55. The largest absolute Gasteiger partial charge is 0.275 e. The van der Waals surface area contributed by atoms with E-state index in [4.69, 9.17) is 0 Å². The van der Waals surface area contributed by atoms with Crippen LogP contribution < -0.4 is 0 Å². The number of hydrogen-bond donors (Lipinski definition) is 0. The molecule has 8 atom stereocenters. The Balaban J connectivity index is 1.47. The first-order valence-corrected chi connectivity index (χ1v) is 18.0. The molecule has 0 aromatic rings. The second kappa shape index (κ2) is 9.59. The van der Waals surface area contributed by atoms with Gasteiger partial charge < -0.3 is 0 Å². The van der Waals surface area contributed by atoms with Crippen molar-refractivity contribution in [3.05, 3.63) is 0 Å². The van der Waals surface area contributed by atoms with Gasteiger partial charge in [0.15, 0.2) is 0 Å². The molecule has 0 radical (unpaired) electrons. The Kier molecular flexibility index (Phi) is 7.21. The smallest absolute Gasteiger partial charge is 0.217 e. The monoisotopic (exact) mass is 592 g/mol. The maximum absolute atomic E-state index is 12.8. The second-order valence-corrected chi connectivity index (χ2v) is 18.1. The van der Waals surface area contributed by atoms with Crippen LogP contribution in [0, 0.1) is 0 Å². The molecule has 8 bridgehead atoms. The molecule has 0 saturated carbocycles. The first-order chi connectivity index (χ1) is 16.7. The van der Waals surface area contributed by atoms with Crippen molar-refractivity contribution in [2.45, 2.75) is 0 Å². The summed E-state index contributed by atoms with van der Waals surface area (Å²) in [5.41, 5.74) is 0. The van der Waals surface area contributed by atoms with Crippen LogP contribution in [0.4, 0.5) is 0 Å². The Morgan fingerprint density at radius 2 is 0.528 bits per heavy atom. The maximum atomic E-state index is 12.8. The van der Waals surface area contributed by atoms with Crippen molar-refractivity contribution >= 4 is 40.1 Å². The normalized spacial score (nSPS) is 45.8. The van der Waals surface area contributed by atoms with Crippen LogP contribution in [-0.2, 0) is 40.1 Å². The van der Waals surface area contributed by atoms with E-state index in [2.05, 4.69) is 0 Å². The van der Waals surface area contributed by atoms with Gasteiger partial charge in [-0.25, -0.2) is 33.7 Å². The summed E-state index contributed by atoms with van der Waals surface area (Å²) in [5, 5.41) is 0. The molecule has 5 rings (SSSR count). The van der Waals surface area contributed by atoms with Crippen LogP contribution in [-0.4, -0.2) is 173 Å². The van der Waals surface area contributed by atoms with Crippen molar-refractivity contribution in [1.82, 2.24) is 36.8 Å². The van der Waals surface area contributed by atoms with Gasteiger partial charge in [-0.3, -0.25) is 19.6 Å². The highest BCUT2D eigenvalue weighted by Gasteiger charge is 2.41. The number of rotatable bonds is 0. The molecule has 16 nitrogen and oxygen atoms in total. The van der Waals surface area contributed by atoms with E-state index in [0.717, 1.165) is 17.2 Å². The van der Waals surface area contributed by atoms with Gasteiger partial charge in [0.05, 0.1) is 76.4 Å². The number of fused-ring (bicyclic) bond motifs is 8. The molecule has 0 aromatic carbocycles. The number of hydrogen-bond acceptors (Lipinski definition) is 12. The third-order valence-electron chi connectivity index (χ3n) is 7.10. The Bertz CT molecular complexity index is 1090. The topological polar surface area (TPSA) is 162 Å². The molecule has 20 heteroatoms. The Morgan fingerprint density at radius 3 is 0.750 bits per heavy atom. The van der Waals surface area contributed by atoms with Crippen molar-refractivity contribution in [3.8, 4) is 0 Å². The number of nitrogens with zero attached hydrogens (tertiary/aromatic N) is 8. The molecule has 0 aliphatic carbocycles. The molecule has 0 N–H and O–H groups in total. The minimum atomic E-state index is -3.67. The van der Waals surface area contributed by atoms with Gasteiger partial charge in [0.1, 0.15) is 0 Å². The molecule has 5 saturated heterocycles. The van der Waals surface area contributed by atoms with Crippen molar-refractivity contribution in [1.29, 1.82) is 0 Å². The molecule has 208 valence electrons. The summed E-state index contributed by atoms with van der Waals surface area (Å²) in [7, 11) is -14.7. The minimum absolute atomic E-state index is 0.0236. The fourth-order valence-electron chi connectivity index (χ4n) is 4.93. The van der Waals surface area contributed by atoms with E-state index in [0.29, 0.717) is 0 Å². The standard InChI is InChI=1S/C16H32N8O8S4/c25-33(26)5-1-17-9-18-2-6-34(27,28)22(12-18)16-24-14-20(4-8-36(24,31)32)10-19-3-7-35(29,30)23(13-19)15-21(33)11-17/h1-16H2. The fourth-order valence-corrected chi connectivity index (χ4v) is 10.7. The van der Waals surface area contributed by atoms with Gasteiger partial charge in [-0.1, -0.05) is 0 Å². The average molecular weight is 593 g/mol. The molecule has 0 aromatic heterocycles. The SMILES string of the molecule is O=S1(=O)CCN2CN3CCS(=O)(=O)N(C3)CN3CN(CCS3(=O)=O)CN3CCS(=O)(=O)N(C3)CN1C2. The molecular formula is C16H32N8O8S4. The zero-order valence-electron chi connectivity index (χ0n) is 19.8. The molecule has 5 fully saturated rings. The molecule has 5 aliphatic rings. The van der Waals surface area contributed by atoms with Crippen LogP contribution >= 0.6 is 0 Å². The van der Waals surface area contributed by atoms with Crippen molar-refractivity contribution in [3.63, 3.8) is 0 Å². The van der Waals surface area contributed by atoms with Gasteiger partial charge in [-0.15, -0.1) is 0 Å². The van der Waals surface area contributed by atoms with Crippen LogP contribution in [0.25, 0.3) is 0 Å². The molecule has 5 aliphatic heterocycles. The quantitative estimate of drug-likeness (QED) is 0.265. The minimum Gasteiger partial charge on any atom is -0.275 e. The van der Waals surface area contributed by atoms with E-state index < -0.39 is 40.1 Å². The highest BCUT2D eigenvalue weighted by Crippen LogP contribution is 2.22. The predicted molar refractivity (Wildman–Crippen MR) is 128 cm³/mol. The summed E-state index contributed by atoms with van der Waals surface area (Å²) in [5.74, 6) is -0.721. The zero-order chi connectivity index (χ0) is 25.9. The number of sulfonamides is 4. The van der Waals surface area contributed by atoms with E-state index in [1.165, 1.54) is 0 Å². The lowest BCUT2D eigenvalue weighted by Gasteiger charge is -2.45. The highest BCUT2D eigenvalue weighted by atomic mass is 32.2. The van der Waals surface area contributed by atoms with Crippen molar-refractivity contribution < 1.29 is 33.7 Å². The molecule has 0 spiro atoms. The molecule has 0 amide bonds. The van der Waals surface area contributed by atoms with Crippen LogP contribution in [0.3, 0.4) is 0 Å². The zero-order valence-corrected chi connectivity index (χ0v) is 23.1. The second-order valence-electron chi connectivity index (χ2n) is 9.78. The molecule has 36 heavy (non-hydrogen) atoms. The first-order valence-electron chi connectivity index (χ1n) is 11.5. The summed E-state index contributed by atoms with van der Waals surface area (Å²) in [6.45, 7) is 0.686. The van der Waals surface area contributed by atoms with Gasteiger partial charge in [0, 0.05) is 26.2 Å². The molecule has 8 unspecified atom stereocenters. The van der Waals surface area contributed by atoms with Gasteiger partial charge in [-0.05, 0) is 0 Å². The van der Waals surface area contributed by atoms with Crippen molar-refractivity contribution in [2.24, 2.45) is 0 Å². The van der Waals surface area contributed by atoms with Gasteiger partial charge in [-0.2, -0.15) is 17.2 Å². The first kappa shape index (κ1) is 27.1. The summed E-state index contributed by atoms with van der Waals surface area (Å²) in [6.07, 6.45) is 0. The van der Waals surface area contributed by atoms with E-state index in [9.17, 15) is 33.7 Å². The average Bonchev–Trinajstić information content (AvgIpc) is 2.77. The van der Waals surface area contributed by atoms with E-state index >= 15 is 0 Å². The van der Waals surface area contributed by atoms with Crippen LogP contribution in [0.5, 0.6) is 0 Å². The van der Waals surface area contributed by atoms with Crippen LogP contribution in [0.2, 0.25) is 0 Å². The summed E-state index contributed by atoms with van der Waals surface area (Å²) >= 11 is 0. The third kappa shape index (κ3) is 5.59. The lowest BCUT2D eigenvalue weighted by molar-refractivity contribution is 0.0249. The maximum Gasteiger partial charge on any atom is 0.217 e. The third-order valence-corrected chi connectivity index (χ3v) is 14.0. The molecule has 5 heterocycles. The van der Waals surface area contributed by atoms with Gasteiger partial charge in [0.2, 0.25) is 40.1 Å². The van der Waals surface area contributed by atoms with E-state index in [1.54, 1.807) is 0 Å². The van der Waals surface area contributed by atoms with Crippen molar-refractivity contribution in [2.75, 3.05) is 103 Å². The van der Waals surface area contributed by atoms with Crippen LogP contribution in [0.15, 0.2) is 0 Å². The van der Waals surface area contributed by atoms with E-state index in [1.807, 2.05) is 19.6 Å². The Labute approximate surface area is 212 Å². The lowest BCUT2D eigenvalue weighted by atomic mass is 10.5. The summed E-state index contributed by atoms with van der Waals surface area (Å²) in [6, 6.07) is 0. The summed E-state index contributed by atoms with van der Waals surface area (Å²) < 4.78 is 107. The highest BCUT2D eigenvalue weighted by molar-refractivity contribution is 7.90. The summed E-state index contributed by atoms with van der Waals surface area (Å²) in [4.78, 5) is 7.32. The van der Waals surface area contributed by atoms with Crippen LogP contribution in [0.1, 0.15) is 0 Å². The Hall–Kier alpha value is -0.520. The lowest BCUT2D eigenvalue weighted by Crippen LogP contribution is -2.63. The van der Waals surface area contributed by atoms with Gasteiger partial charge >= 0.3 is 0 Å². The Morgan fingerprint density at radius 1 is 0.306 bits per heavy atom.